The van der Waals surface area contributed by atoms with E-state index in [2.05, 4.69) is 30.3 Å². The lowest BCUT2D eigenvalue weighted by atomic mass is 9.78. The van der Waals surface area contributed by atoms with Gasteiger partial charge in [-0.05, 0) is 16.7 Å². The van der Waals surface area contributed by atoms with Crippen molar-refractivity contribution in [1.29, 1.82) is 0 Å². The monoisotopic (exact) mass is 222 g/mol. The number of carbonyl (C=O) groups is 1. The van der Waals surface area contributed by atoms with Crippen molar-refractivity contribution < 1.29 is 4.79 Å². The highest BCUT2D eigenvalue weighted by Crippen LogP contribution is 2.34. The summed E-state index contributed by atoms with van der Waals surface area (Å²) in [5.41, 5.74) is 3.75. The van der Waals surface area contributed by atoms with Crippen LogP contribution in [0.4, 0.5) is 0 Å². The molecule has 0 saturated heterocycles. The minimum absolute atomic E-state index is 0.244. The van der Waals surface area contributed by atoms with Gasteiger partial charge in [-0.25, -0.2) is 0 Å². The highest BCUT2D eigenvalue weighted by atomic mass is 16.1. The molecular weight excluding hydrogens is 208 g/mol. The zero-order valence-corrected chi connectivity index (χ0v) is 9.60. The van der Waals surface area contributed by atoms with E-state index in [1.807, 2.05) is 24.3 Å². The molecule has 1 nitrogen and oxygen atoms in total. The van der Waals surface area contributed by atoms with Gasteiger partial charge in [-0.3, -0.25) is 4.79 Å². The van der Waals surface area contributed by atoms with Crippen molar-refractivity contribution >= 4 is 5.78 Å². The molecule has 0 N–H and O–H groups in total. The van der Waals surface area contributed by atoms with Crippen LogP contribution in [-0.4, -0.2) is 5.78 Å². The highest BCUT2D eigenvalue weighted by molar-refractivity contribution is 5.84. The van der Waals surface area contributed by atoms with E-state index in [1.54, 1.807) is 0 Å². The van der Waals surface area contributed by atoms with Gasteiger partial charge >= 0.3 is 0 Å². The van der Waals surface area contributed by atoms with Gasteiger partial charge in [-0.2, -0.15) is 0 Å². The Labute approximate surface area is 101 Å². The SMILES string of the molecule is O=C1Cc2ccccc2[C@@H](c2ccccc2)C1. The lowest BCUT2D eigenvalue weighted by molar-refractivity contribution is -0.119. The second kappa shape index (κ2) is 4.17. The van der Waals surface area contributed by atoms with Crippen LogP contribution in [0, 0.1) is 0 Å². The Hall–Kier alpha value is -1.89. The van der Waals surface area contributed by atoms with Gasteiger partial charge in [0.2, 0.25) is 0 Å². The maximum Gasteiger partial charge on any atom is 0.138 e. The van der Waals surface area contributed by atoms with Crippen molar-refractivity contribution in [3.05, 3.63) is 71.3 Å². The number of Topliss-reactive ketones (excluding diaryl/α,β-unsaturated/α-hetero) is 1. The maximum absolute atomic E-state index is 11.8. The van der Waals surface area contributed by atoms with Gasteiger partial charge in [0, 0.05) is 18.8 Å². The zero-order chi connectivity index (χ0) is 11.7. The molecule has 1 aliphatic carbocycles. The van der Waals surface area contributed by atoms with Gasteiger partial charge in [0.15, 0.2) is 0 Å². The average Bonchev–Trinajstić information content (AvgIpc) is 2.39. The highest BCUT2D eigenvalue weighted by Gasteiger charge is 2.25. The van der Waals surface area contributed by atoms with E-state index < -0.39 is 0 Å². The lowest BCUT2D eigenvalue weighted by Gasteiger charge is -2.25. The van der Waals surface area contributed by atoms with E-state index in [-0.39, 0.29) is 5.92 Å². The number of ketones is 1. The molecule has 0 saturated carbocycles. The smallest absolute Gasteiger partial charge is 0.138 e. The first kappa shape index (κ1) is 10.3. The number of hydrogen-bond donors (Lipinski definition) is 0. The van der Waals surface area contributed by atoms with E-state index in [1.165, 1.54) is 16.7 Å². The van der Waals surface area contributed by atoms with Crippen molar-refractivity contribution in [1.82, 2.24) is 0 Å². The third-order valence-electron chi connectivity index (χ3n) is 3.45. The normalized spacial score (nSPS) is 18.8. The first-order valence-corrected chi connectivity index (χ1v) is 5.99. The molecule has 0 amide bonds. The van der Waals surface area contributed by atoms with Gasteiger partial charge in [0.25, 0.3) is 0 Å². The van der Waals surface area contributed by atoms with E-state index in [4.69, 9.17) is 0 Å². The van der Waals surface area contributed by atoms with Crippen LogP contribution in [0.1, 0.15) is 29.0 Å². The molecule has 3 rings (SSSR count). The number of benzene rings is 2. The van der Waals surface area contributed by atoms with Crippen molar-refractivity contribution in [2.45, 2.75) is 18.8 Å². The van der Waals surface area contributed by atoms with Crippen molar-refractivity contribution in [3.8, 4) is 0 Å². The molecule has 0 fully saturated rings. The molecule has 0 aliphatic heterocycles. The minimum Gasteiger partial charge on any atom is -0.299 e. The molecule has 1 atom stereocenters. The van der Waals surface area contributed by atoms with Crippen LogP contribution in [0.3, 0.4) is 0 Å². The molecule has 17 heavy (non-hydrogen) atoms. The van der Waals surface area contributed by atoms with Crippen molar-refractivity contribution in [3.63, 3.8) is 0 Å². The Morgan fingerprint density at radius 3 is 2.41 bits per heavy atom. The molecule has 84 valence electrons. The van der Waals surface area contributed by atoms with Gasteiger partial charge in [0.05, 0.1) is 0 Å². The van der Waals surface area contributed by atoms with Crippen LogP contribution in [0.5, 0.6) is 0 Å². The lowest BCUT2D eigenvalue weighted by Crippen LogP contribution is -2.18. The zero-order valence-electron chi connectivity index (χ0n) is 9.60. The predicted molar refractivity (Wildman–Crippen MR) is 68.1 cm³/mol. The van der Waals surface area contributed by atoms with Crippen LogP contribution in [0.15, 0.2) is 54.6 Å². The van der Waals surface area contributed by atoms with E-state index in [9.17, 15) is 4.79 Å². The quantitative estimate of drug-likeness (QED) is 0.723. The molecule has 0 spiro atoms. The van der Waals surface area contributed by atoms with Crippen molar-refractivity contribution in [2.75, 3.05) is 0 Å². The van der Waals surface area contributed by atoms with Crippen LogP contribution in [0.25, 0.3) is 0 Å². The van der Waals surface area contributed by atoms with Crippen molar-refractivity contribution in [2.24, 2.45) is 0 Å². The fraction of sp³-hybridized carbons (Fsp3) is 0.188. The summed E-state index contributed by atoms with van der Waals surface area (Å²) >= 11 is 0. The Kier molecular flexibility index (Phi) is 2.52. The second-order valence-corrected chi connectivity index (χ2v) is 4.58. The predicted octanol–water partition coefficient (Wildman–Crippen LogP) is 3.33. The van der Waals surface area contributed by atoms with E-state index >= 15 is 0 Å². The van der Waals surface area contributed by atoms with Gasteiger partial charge in [0.1, 0.15) is 5.78 Å². The number of fused-ring (bicyclic) bond motifs is 1. The fourth-order valence-electron chi connectivity index (χ4n) is 2.64. The Balaban J connectivity index is 2.10. The van der Waals surface area contributed by atoms with Crippen LogP contribution in [-0.2, 0) is 11.2 Å². The molecule has 0 radical (unpaired) electrons. The Morgan fingerprint density at radius 2 is 1.59 bits per heavy atom. The fourth-order valence-corrected chi connectivity index (χ4v) is 2.64. The molecule has 1 aliphatic rings. The van der Waals surface area contributed by atoms with Gasteiger partial charge in [-0.15, -0.1) is 0 Å². The summed E-state index contributed by atoms with van der Waals surface area (Å²) in [6, 6.07) is 18.6. The average molecular weight is 222 g/mol. The molecule has 0 bridgehead atoms. The number of rotatable bonds is 1. The van der Waals surface area contributed by atoms with Crippen LogP contribution >= 0.6 is 0 Å². The molecule has 0 heterocycles. The Morgan fingerprint density at radius 1 is 0.882 bits per heavy atom. The molecule has 0 unspecified atom stereocenters. The summed E-state index contributed by atoms with van der Waals surface area (Å²) in [7, 11) is 0. The molecule has 1 heteroatoms. The molecule has 0 aromatic heterocycles. The van der Waals surface area contributed by atoms with Crippen LogP contribution < -0.4 is 0 Å². The molecule has 2 aromatic rings. The minimum atomic E-state index is 0.244. The van der Waals surface area contributed by atoms with Crippen LogP contribution in [0.2, 0.25) is 0 Å². The third kappa shape index (κ3) is 1.89. The number of hydrogen-bond acceptors (Lipinski definition) is 1. The number of carbonyl (C=O) groups excluding carboxylic acids is 1. The summed E-state index contributed by atoms with van der Waals surface area (Å²) in [6.45, 7) is 0. The van der Waals surface area contributed by atoms with Gasteiger partial charge in [-0.1, -0.05) is 54.6 Å². The van der Waals surface area contributed by atoms with Gasteiger partial charge < -0.3 is 0 Å². The summed E-state index contributed by atoms with van der Waals surface area (Å²) in [4.78, 5) is 11.8. The topological polar surface area (TPSA) is 17.1 Å². The summed E-state index contributed by atoms with van der Waals surface area (Å²) in [5.74, 6) is 0.589. The Bertz CT molecular complexity index is 542. The first-order chi connectivity index (χ1) is 8.34. The van der Waals surface area contributed by atoms with E-state index in [0.29, 0.717) is 18.6 Å². The summed E-state index contributed by atoms with van der Waals surface area (Å²) in [5, 5.41) is 0. The van der Waals surface area contributed by atoms with E-state index in [0.717, 1.165) is 0 Å². The third-order valence-corrected chi connectivity index (χ3v) is 3.45. The molecular formula is C16H14O. The second-order valence-electron chi connectivity index (χ2n) is 4.58. The summed E-state index contributed by atoms with van der Waals surface area (Å²) in [6.07, 6.45) is 1.24. The summed E-state index contributed by atoms with van der Waals surface area (Å²) < 4.78 is 0. The largest absolute Gasteiger partial charge is 0.299 e. The molecule has 2 aromatic carbocycles. The maximum atomic E-state index is 11.8. The standard InChI is InChI=1S/C16H14O/c17-14-10-13-8-4-5-9-15(13)16(11-14)12-6-2-1-3-7-12/h1-9,16H,10-11H2/t16-/m1/s1. The first-order valence-electron chi connectivity index (χ1n) is 5.99.